The van der Waals surface area contributed by atoms with Crippen molar-refractivity contribution in [3.8, 4) is 0 Å². The minimum atomic E-state index is -0.163. The summed E-state index contributed by atoms with van der Waals surface area (Å²) in [6.45, 7) is 6.58. The predicted octanol–water partition coefficient (Wildman–Crippen LogP) is -0.535. The average Bonchev–Trinajstić information content (AvgIpc) is 2.61. The van der Waals surface area contributed by atoms with Crippen molar-refractivity contribution in [2.75, 3.05) is 13.1 Å². The Morgan fingerprint density at radius 1 is 1.38 bits per heavy atom. The second kappa shape index (κ2) is 4.88. The first-order valence-corrected chi connectivity index (χ1v) is 4.40. The third-order valence-electron chi connectivity index (χ3n) is 2.00. The van der Waals surface area contributed by atoms with E-state index in [1.807, 2.05) is 0 Å². The van der Waals surface area contributed by atoms with E-state index in [2.05, 4.69) is 34.3 Å². The number of rotatable bonds is 5. The highest BCUT2D eigenvalue weighted by molar-refractivity contribution is 4.79. The van der Waals surface area contributed by atoms with Gasteiger partial charge in [-0.05, 0) is 23.5 Å². The summed E-state index contributed by atoms with van der Waals surface area (Å²) in [5, 5.41) is 19.8. The Morgan fingerprint density at radius 2 is 2.08 bits per heavy atom. The molecule has 1 aromatic heterocycles. The molecule has 0 aliphatic carbocycles. The Balaban J connectivity index is 2.61. The summed E-state index contributed by atoms with van der Waals surface area (Å²) >= 11 is 0. The molecule has 13 heavy (non-hydrogen) atoms. The van der Waals surface area contributed by atoms with Crippen LogP contribution in [-0.2, 0) is 13.3 Å². The van der Waals surface area contributed by atoms with Gasteiger partial charge >= 0.3 is 0 Å². The molecule has 0 aliphatic heterocycles. The molecule has 0 aliphatic rings. The monoisotopic (exact) mass is 185 g/mol. The SMILES string of the molecule is CCN(CC)Cc1nnnn1CO. The van der Waals surface area contributed by atoms with Gasteiger partial charge in [-0.2, -0.15) is 0 Å². The van der Waals surface area contributed by atoms with Gasteiger partial charge in [0.1, 0.15) is 6.73 Å². The molecule has 1 rings (SSSR count). The minimum Gasteiger partial charge on any atom is -0.374 e. The van der Waals surface area contributed by atoms with Crippen LogP contribution in [0.5, 0.6) is 0 Å². The van der Waals surface area contributed by atoms with Gasteiger partial charge in [0.25, 0.3) is 0 Å². The molecule has 0 saturated carbocycles. The molecule has 1 aromatic rings. The normalized spacial score (nSPS) is 11.1. The highest BCUT2D eigenvalue weighted by Crippen LogP contribution is 1.98. The molecule has 0 bridgehead atoms. The van der Waals surface area contributed by atoms with Crippen molar-refractivity contribution < 1.29 is 5.11 Å². The zero-order chi connectivity index (χ0) is 9.68. The molecule has 0 spiro atoms. The van der Waals surface area contributed by atoms with Crippen LogP contribution in [0, 0.1) is 0 Å². The van der Waals surface area contributed by atoms with Gasteiger partial charge in [-0.3, -0.25) is 4.90 Å². The molecular formula is C7H15N5O. The molecular weight excluding hydrogens is 170 g/mol. The lowest BCUT2D eigenvalue weighted by Crippen LogP contribution is -2.24. The average molecular weight is 185 g/mol. The van der Waals surface area contributed by atoms with Crippen molar-refractivity contribution in [3.05, 3.63) is 5.82 Å². The highest BCUT2D eigenvalue weighted by Gasteiger charge is 2.08. The van der Waals surface area contributed by atoms with E-state index in [9.17, 15) is 0 Å². The number of aliphatic hydroxyl groups is 1. The molecule has 0 saturated heterocycles. The molecule has 0 atom stereocenters. The largest absolute Gasteiger partial charge is 0.374 e. The lowest BCUT2D eigenvalue weighted by Gasteiger charge is -2.16. The molecule has 0 aromatic carbocycles. The van der Waals surface area contributed by atoms with E-state index >= 15 is 0 Å². The molecule has 0 fully saturated rings. The summed E-state index contributed by atoms with van der Waals surface area (Å²) in [5.74, 6) is 0.700. The quantitative estimate of drug-likeness (QED) is 0.667. The van der Waals surface area contributed by atoms with Gasteiger partial charge in [-0.1, -0.05) is 13.8 Å². The Labute approximate surface area is 77.2 Å². The maximum absolute atomic E-state index is 8.87. The summed E-state index contributed by atoms with van der Waals surface area (Å²) in [5.41, 5.74) is 0. The van der Waals surface area contributed by atoms with Gasteiger partial charge in [0.2, 0.25) is 0 Å². The van der Waals surface area contributed by atoms with Crippen molar-refractivity contribution in [1.82, 2.24) is 25.1 Å². The summed E-state index contributed by atoms with van der Waals surface area (Å²) in [7, 11) is 0. The smallest absolute Gasteiger partial charge is 0.167 e. The van der Waals surface area contributed by atoms with E-state index < -0.39 is 0 Å². The van der Waals surface area contributed by atoms with E-state index in [1.54, 1.807) is 0 Å². The van der Waals surface area contributed by atoms with Crippen LogP contribution in [0.4, 0.5) is 0 Å². The van der Waals surface area contributed by atoms with Gasteiger partial charge in [0, 0.05) is 0 Å². The van der Waals surface area contributed by atoms with E-state index in [4.69, 9.17) is 5.11 Å². The van der Waals surface area contributed by atoms with Crippen molar-refractivity contribution in [1.29, 1.82) is 0 Å². The highest BCUT2D eigenvalue weighted by atomic mass is 16.3. The second-order valence-corrected chi connectivity index (χ2v) is 2.70. The van der Waals surface area contributed by atoms with Crippen LogP contribution in [-0.4, -0.2) is 43.3 Å². The first kappa shape index (κ1) is 10.1. The minimum absolute atomic E-state index is 0.163. The molecule has 0 unspecified atom stereocenters. The van der Waals surface area contributed by atoms with Crippen LogP contribution >= 0.6 is 0 Å². The van der Waals surface area contributed by atoms with E-state index in [-0.39, 0.29) is 6.73 Å². The van der Waals surface area contributed by atoms with E-state index in [1.165, 1.54) is 4.68 Å². The van der Waals surface area contributed by atoms with Gasteiger partial charge in [-0.25, -0.2) is 4.68 Å². The van der Waals surface area contributed by atoms with Gasteiger partial charge in [0.15, 0.2) is 5.82 Å². The van der Waals surface area contributed by atoms with Gasteiger partial charge in [0.05, 0.1) is 6.54 Å². The number of aromatic nitrogens is 4. The molecule has 6 heteroatoms. The van der Waals surface area contributed by atoms with Crippen LogP contribution in [0.15, 0.2) is 0 Å². The van der Waals surface area contributed by atoms with Crippen LogP contribution in [0.25, 0.3) is 0 Å². The van der Waals surface area contributed by atoms with Crippen LogP contribution in [0.2, 0.25) is 0 Å². The zero-order valence-electron chi connectivity index (χ0n) is 8.01. The number of hydrogen-bond donors (Lipinski definition) is 1. The lowest BCUT2D eigenvalue weighted by atomic mass is 10.4. The molecule has 0 radical (unpaired) electrons. The summed E-state index contributed by atoms with van der Waals surface area (Å²) < 4.78 is 1.39. The Morgan fingerprint density at radius 3 is 2.62 bits per heavy atom. The summed E-state index contributed by atoms with van der Waals surface area (Å²) in [4.78, 5) is 2.18. The van der Waals surface area contributed by atoms with Crippen molar-refractivity contribution in [2.24, 2.45) is 0 Å². The topological polar surface area (TPSA) is 67.1 Å². The van der Waals surface area contributed by atoms with Crippen molar-refractivity contribution in [3.63, 3.8) is 0 Å². The number of tetrazole rings is 1. The fourth-order valence-corrected chi connectivity index (χ4v) is 1.09. The van der Waals surface area contributed by atoms with Crippen molar-refractivity contribution in [2.45, 2.75) is 27.1 Å². The predicted molar refractivity (Wildman–Crippen MR) is 46.7 cm³/mol. The first-order valence-electron chi connectivity index (χ1n) is 4.40. The van der Waals surface area contributed by atoms with Gasteiger partial charge < -0.3 is 5.11 Å². The standard InChI is InChI=1S/C7H15N5O/c1-3-11(4-2)5-7-8-9-10-12(7)6-13/h13H,3-6H2,1-2H3. The van der Waals surface area contributed by atoms with Crippen molar-refractivity contribution >= 4 is 0 Å². The lowest BCUT2D eigenvalue weighted by molar-refractivity contribution is 0.180. The third kappa shape index (κ3) is 2.46. The van der Waals surface area contributed by atoms with E-state index in [0.29, 0.717) is 12.4 Å². The van der Waals surface area contributed by atoms with E-state index in [0.717, 1.165) is 13.1 Å². The molecule has 6 nitrogen and oxygen atoms in total. The third-order valence-corrected chi connectivity index (χ3v) is 2.00. The number of nitrogens with zero attached hydrogens (tertiary/aromatic N) is 5. The molecule has 1 heterocycles. The maximum atomic E-state index is 8.87. The number of hydrogen-bond acceptors (Lipinski definition) is 5. The summed E-state index contributed by atoms with van der Waals surface area (Å²) in [6, 6.07) is 0. The van der Waals surface area contributed by atoms with Crippen LogP contribution < -0.4 is 0 Å². The zero-order valence-corrected chi connectivity index (χ0v) is 8.01. The van der Waals surface area contributed by atoms with Crippen LogP contribution in [0.3, 0.4) is 0 Å². The maximum Gasteiger partial charge on any atom is 0.167 e. The Hall–Kier alpha value is -1.01. The number of aliphatic hydroxyl groups excluding tert-OH is 1. The Bertz CT molecular complexity index is 245. The van der Waals surface area contributed by atoms with Crippen LogP contribution in [0.1, 0.15) is 19.7 Å². The fourth-order valence-electron chi connectivity index (χ4n) is 1.09. The fraction of sp³-hybridized carbons (Fsp3) is 0.857. The molecule has 74 valence electrons. The summed E-state index contributed by atoms with van der Waals surface area (Å²) in [6.07, 6.45) is 0. The molecule has 0 amide bonds. The van der Waals surface area contributed by atoms with Gasteiger partial charge in [-0.15, -0.1) is 5.10 Å². The first-order chi connectivity index (χ1) is 6.31. The molecule has 1 N–H and O–H groups in total. The Kier molecular flexibility index (Phi) is 3.78. The second-order valence-electron chi connectivity index (χ2n) is 2.70.